The number of carbonyl (C=O) groups is 1. The second kappa shape index (κ2) is 6.63. The van der Waals surface area contributed by atoms with Crippen molar-refractivity contribution in [2.75, 3.05) is 32.8 Å². The van der Waals surface area contributed by atoms with Gasteiger partial charge in [-0.2, -0.15) is 0 Å². The maximum atomic E-state index is 12.3. The van der Waals surface area contributed by atoms with Crippen LogP contribution in [0, 0.1) is 0 Å². The molecule has 3 fully saturated rings. The Labute approximate surface area is 127 Å². The normalized spacial score (nSPS) is 30.0. The number of carbonyl (C=O) groups excluding carboxylic acids is 1. The van der Waals surface area contributed by atoms with Crippen molar-refractivity contribution in [1.29, 1.82) is 0 Å². The van der Waals surface area contributed by atoms with Gasteiger partial charge in [0.1, 0.15) is 0 Å². The van der Waals surface area contributed by atoms with Gasteiger partial charge in [0.2, 0.25) is 5.91 Å². The van der Waals surface area contributed by atoms with Crippen molar-refractivity contribution >= 4 is 5.91 Å². The highest BCUT2D eigenvalue weighted by Gasteiger charge is 2.42. The largest absolute Gasteiger partial charge is 0.378 e. The third-order valence-electron chi connectivity index (χ3n) is 5.20. The lowest BCUT2D eigenvalue weighted by molar-refractivity contribution is -0.137. The summed E-state index contributed by atoms with van der Waals surface area (Å²) in [6.07, 6.45) is 7.69. The molecule has 1 saturated carbocycles. The summed E-state index contributed by atoms with van der Waals surface area (Å²) in [5, 5.41) is 3.37. The number of nitrogens with one attached hydrogen (secondary N) is 1. The van der Waals surface area contributed by atoms with Crippen LogP contribution in [-0.4, -0.2) is 61.4 Å². The molecule has 2 atom stereocenters. The van der Waals surface area contributed by atoms with E-state index in [0.29, 0.717) is 26.3 Å². The molecule has 3 aliphatic rings. The summed E-state index contributed by atoms with van der Waals surface area (Å²) in [6.45, 7) is 5.50. The first-order valence-corrected chi connectivity index (χ1v) is 8.46. The number of hydrogen-bond acceptors (Lipinski definition) is 4. The summed E-state index contributed by atoms with van der Waals surface area (Å²) < 4.78 is 11.6. The number of hydrogen-bond donors (Lipinski definition) is 1. The predicted molar refractivity (Wildman–Crippen MR) is 80.2 cm³/mol. The van der Waals surface area contributed by atoms with Gasteiger partial charge in [-0.15, -0.1) is 0 Å². The van der Waals surface area contributed by atoms with Crippen LogP contribution in [0.25, 0.3) is 0 Å². The molecular formula is C16H28N2O3. The van der Waals surface area contributed by atoms with Crippen LogP contribution in [0.3, 0.4) is 0 Å². The summed E-state index contributed by atoms with van der Waals surface area (Å²) in [7, 11) is 0. The highest BCUT2D eigenvalue weighted by Crippen LogP contribution is 2.43. The van der Waals surface area contributed by atoms with E-state index in [1.54, 1.807) is 0 Å². The van der Waals surface area contributed by atoms with Crippen molar-refractivity contribution in [2.45, 2.75) is 63.2 Å². The molecule has 1 spiro atoms. The molecule has 5 heteroatoms. The fraction of sp³-hybridized carbons (Fsp3) is 0.938. The predicted octanol–water partition coefficient (Wildman–Crippen LogP) is 1.32. The Kier molecular flexibility index (Phi) is 4.82. The first kappa shape index (κ1) is 15.3. The maximum Gasteiger partial charge on any atom is 0.239 e. The summed E-state index contributed by atoms with van der Waals surface area (Å²) in [4.78, 5) is 14.2. The van der Waals surface area contributed by atoms with Crippen LogP contribution in [0.5, 0.6) is 0 Å². The summed E-state index contributed by atoms with van der Waals surface area (Å²) in [5.41, 5.74) is 0.184. The molecule has 0 aromatic heterocycles. The Balaban J connectivity index is 1.41. The molecule has 120 valence electrons. The third-order valence-corrected chi connectivity index (χ3v) is 5.20. The highest BCUT2D eigenvalue weighted by molar-refractivity contribution is 5.81. The fourth-order valence-electron chi connectivity index (χ4n) is 3.88. The molecule has 0 aromatic carbocycles. The molecule has 2 aliphatic heterocycles. The van der Waals surface area contributed by atoms with Crippen molar-refractivity contribution in [3.05, 3.63) is 0 Å². The van der Waals surface area contributed by atoms with Crippen molar-refractivity contribution in [3.63, 3.8) is 0 Å². The molecule has 0 aromatic rings. The van der Waals surface area contributed by atoms with Crippen LogP contribution in [0.15, 0.2) is 0 Å². The minimum atomic E-state index is -0.133. The third kappa shape index (κ3) is 3.58. The molecule has 5 nitrogen and oxygen atoms in total. The molecule has 0 bridgehead atoms. The van der Waals surface area contributed by atoms with Crippen LogP contribution >= 0.6 is 0 Å². The van der Waals surface area contributed by atoms with Gasteiger partial charge in [0, 0.05) is 19.6 Å². The molecule has 2 heterocycles. The average molecular weight is 296 g/mol. The molecular weight excluding hydrogens is 268 g/mol. The minimum Gasteiger partial charge on any atom is -0.378 e. The van der Waals surface area contributed by atoms with Crippen molar-refractivity contribution in [1.82, 2.24) is 10.2 Å². The SMILES string of the molecule is CC(NCC1CCC2(CCCC2)O1)C(=O)N1CCOCC1. The summed E-state index contributed by atoms with van der Waals surface area (Å²) in [6, 6.07) is -0.133. The second-order valence-electron chi connectivity index (χ2n) is 6.74. The van der Waals surface area contributed by atoms with Gasteiger partial charge in [0.05, 0.1) is 31.0 Å². The zero-order chi connectivity index (χ0) is 14.7. The Morgan fingerprint density at radius 2 is 2.00 bits per heavy atom. The van der Waals surface area contributed by atoms with E-state index in [0.717, 1.165) is 13.0 Å². The van der Waals surface area contributed by atoms with Gasteiger partial charge in [-0.3, -0.25) is 4.79 Å². The van der Waals surface area contributed by atoms with Gasteiger partial charge in [0.15, 0.2) is 0 Å². The number of morpholine rings is 1. The number of amides is 1. The lowest BCUT2D eigenvalue weighted by Crippen LogP contribution is -2.50. The monoisotopic (exact) mass is 296 g/mol. The maximum absolute atomic E-state index is 12.3. The van der Waals surface area contributed by atoms with Gasteiger partial charge in [-0.05, 0) is 32.6 Å². The molecule has 3 rings (SSSR count). The quantitative estimate of drug-likeness (QED) is 0.850. The summed E-state index contributed by atoms with van der Waals surface area (Å²) >= 11 is 0. The van der Waals surface area contributed by atoms with E-state index in [1.807, 2.05) is 11.8 Å². The van der Waals surface area contributed by atoms with E-state index >= 15 is 0 Å². The molecule has 2 unspecified atom stereocenters. The van der Waals surface area contributed by atoms with Gasteiger partial charge in [0.25, 0.3) is 0 Å². The van der Waals surface area contributed by atoms with Crippen molar-refractivity contribution in [3.8, 4) is 0 Å². The zero-order valence-electron chi connectivity index (χ0n) is 13.1. The van der Waals surface area contributed by atoms with E-state index in [9.17, 15) is 4.79 Å². The first-order chi connectivity index (χ1) is 10.2. The Morgan fingerprint density at radius 3 is 2.71 bits per heavy atom. The molecule has 2 saturated heterocycles. The smallest absolute Gasteiger partial charge is 0.239 e. The highest BCUT2D eigenvalue weighted by atomic mass is 16.5. The van der Waals surface area contributed by atoms with Crippen molar-refractivity contribution < 1.29 is 14.3 Å². The zero-order valence-corrected chi connectivity index (χ0v) is 13.1. The molecule has 1 aliphatic carbocycles. The van der Waals surface area contributed by atoms with Crippen LogP contribution in [0.1, 0.15) is 45.4 Å². The van der Waals surface area contributed by atoms with Gasteiger partial charge >= 0.3 is 0 Å². The fourth-order valence-corrected chi connectivity index (χ4v) is 3.88. The van der Waals surface area contributed by atoms with Crippen LogP contribution in [0.4, 0.5) is 0 Å². The minimum absolute atomic E-state index is 0.133. The number of rotatable bonds is 4. The Bertz CT molecular complexity index is 363. The van der Waals surface area contributed by atoms with Gasteiger partial charge in [-0.25, -0.2) is 0 Å². The molecule has 1 amide bonds. The van der Waals surface area contributed by atoms with Crippen LogP contribution in [0.2, 0.25) is 0 Å². The Morgan fingerprint density at radius 1 is 1.29 bits per heavy atom. The molecule has 0 radical (unpaired) electrons. The van der Waals surface area contributed by atoms with Crippen molar-refractivity contribution in [2.24, 2.45) is 0 Å². The van der Waals surface area contributed by atoms with E-state index in [2.05, 4.69) is 5.32 Å². The van der Waals surface area contributed by atoms with E-state index in [1.165, 1.54) is 32.1 Å². The summed E-state index contributed by atoms with van der Waals surface area (Å²) in [5.74, 6) is 0.187. The van der Waals surface area contributed by atoms with E-state index < -0.39 is 0 Å². The van der Waals surface area contributed by atoms with E-state index in [4.69, 9.17) is 9.47 Å². The average Bonchev–Trinajstić information content (AvgIpc) is 3.15. The topological polar surface area (TPSA) is 50.8 Å². The first-order valence-electron chi connectivity index (χ1n) is 8.46. The second-order valence-corrected chi connectivity index (χ2v) is 6.74. The standard InChI is InChI=1S/C16H28N2O3/c1-13(15(19)18-8-10-20-11-9-18)17-12-14-4-7-16(21-14)5-2-3-6-16/h13-14,17H,2-12H2,1H3. The van der Waals surface area contributed by atoms with Crippen LogP contribution < -0.4 is 5.32 Å². The Hall–Kier alpha value is -0.650. The molecule has 1 N–H and O–H groups in total. The number of ether oxygens (including phenoxy) is 2. The lowest BCUT2D eigenvalue weighted by atomic mass is 9.98. The van der Waals surface area contributed by atoms with E-state index in [-0.39, 0.29) is 23.7 Å². The van der Waals surface area contributed by atoms with Crippen LogP contribution in [-0.2, 0) is 14.3 Å². The lowest BCUT2D eigenvalue weighted by Gasteiger charge is -2.30. The van der Waals surface area contributed by atoms with Gasteiger partial charge in [-0.1, -0.05) is 12.8 Å². The number of nitrogens with zero attached hydrogens (tertiary/aromatic N) is 1. The van der Waals surface area contributed by atoms with Gasteiger partial charge < -0.3 is 19.7 Å². The molecule has 21 heavy (non-hydrogen) atoms.